The van der Waals surface area contributed by atoms with Crippen LogP contribution in [0.25, 0.3) is 22.2 Å². The average molecular weight is 467 g/mol. The topological polar surface area (TPSA) is 84.0 Å². The van der Waals surface area contributed by atoms with Crippen LogP contribution in [0.1, 0.15) is 0 Å². The van der Waals surface area contributed by atoms with Crippen molar-refractivity contribution in [2.45, 2.75) is 0 Å². The standard InChI is InChI=1S/C24H24ClFN6O/c1-27-8-9-28-10-11-33-18-3-4-19-22(6-7-29-23(19)14-18)31-17-13-24(32-30-15-17)20-12-16(25)2-5-21(20)26/h2-7,12-15,27-28H,8-11H2,1H3,(H,29,31,32). The van der Waals surface area contributed by atoms with Crippen molar-refractivity contribution in [2.75, 3.05) is 38.6 Å². The summed E-state index contributed by atoms with van der Waals surface area (Å²) in [5.41, 5.74) is 2.98. The molecule has 0 bridgehead atoms. The SMILES string of the molecule is CNCCNCCOc1ccc2c(Nc3cnnc(-c4cc(Cl)ccc4F)c3)ccnc2c1. The Morgan fingerprint density at radius 3 is 2.82 bits per heavy atom. The molecule has 0 radical (unpaired) electrons. The lowest BCUT2D eigenvalue weighted by molar-refractivity contribution is 0.314. The van der Waals surface area contributed by atoms with E-state index in [9.17, 15) is 4.39 Å². The van der Waals surface area contributed by atoms with Gasteiger partial charge in [-0.1, -0.05) is 11.6 Å². The molecule has 0 amide bonds. The minimum Gasteiger partial charge on any atom is -0.492 e. The Kier molecular flexibility index (Phi) is 7.62. The number of aromatic nitrogens is 3. The van der Waals surface area contributed by atoms with E-state index in [1.54, 1.807) is 18.5 Å². The van der Waals surface area contributed by atoms with Crippen LogP contribution in [0, 0.1) is 5.82 Å². The van der Waals surface area contributed by atoms with Crippen LogP contribution in [0.5, 0.6) is 5.75 Å². The van der Waals surface area contributed by atoms with Crippen molar-refractivity contribution in [3.63, 3.8) is 0 Å². The van der Waals surface area contributed by atoms with E-state index in [0.29, 0.717) is 28.6 Å². The lowest BCUT2D eigenvalue weighted by atomic mass is 10.1. The second-order valence-electron chi connectivity index (χ2n) is 7.32. The molecule has 2 heterocycles. The van der Waals surface area contributed by atoms with Gasteiger partial charge in [-0.15, -0.1) is 0 Å². The summed E-state index contributed by atoms with van der Waals surface area (Å²) >= 11 is 6.02. The molecular weight excluding hydrogens is 443 g/mol. The van der Waals surface area contributed by atoms with Gasteiger partial charge in [0.05, 0.1) is 23.1 Å². The number of nitrogens with one attached hydrogen (secondary N) is 3. The number of ether oxygens (including phenoxy) is 1. The molecule has 3 N–H and O–H groups in total. The third-order valence-corrected chi connectivity index (χ3v) is 5.19. The summed E-state index contributed by atoms with van der Waals surface area (Å²) in [6.07, 6.45) is 3.30. The third kappa shape index (κ3) is 5.92. The fraction of sp³-hybridized carbons (Fsp3) is 0.208. The molecular formula is C24H24ClFN6O. The molecule has 170 valence electrons. The molecule has 0 atom stereocenters. The van der Waals surface area contributed by atoms with Crippen LogP contribution in [0.4, 0.5) is 15.8 Å². The Morgan fingerprint density at radius 2 is 1.94 bits per heavy atom. The highest BCUT2D eigenvalue weighted by atomic mass is 35.5. The first-order valence-corrected chi connectivity index (χ1v) is 10.9. The predicted molar refractivity (Wildman–Crippen MR) is 130 cm³/mol. The maximum Gasteiger partial charge on any atom is 0.132 e. The van der Waals surface area contributed by atoms with Crippen molar-refractivity contribution in [3.8, 4) is 17.0 Å². The van der Waals surface area contributed by atoms with Crippen LogP contribution in [-0.4, -0.2) is 48.5 Å². The van der Waals surface area contributed by atoms with Crippen LogP contribution >= 0.6 is 11.6 Å². The molecule has 0 spiro atoms. The van der Waals surface area contributed by atoms with Crippen LogP contribution in [-0.2, 0) is 0 Å². The second kappa shape index (κ2) is 11.0. The molecule has 0 fully saturated rings. The molecule has 33 heavy (non-hydrogen) atoms. The minimum absolute atomic E-state index is 0.292. The monoisotopic (exact) mass is 466 g/mol. The van der Waals surface area contributed by atoms with Crippen molar-refractivity contribution >= 4 is 33.9 Å². The van der Waals surface area contributed by atoms with Crippen molar-refractivity contribution in [1.29, 1.82) is 0 Å². The van der Waals surface area contributed by atoms with E-state index in [1.807, 2.05) is 31.3 Å². The van der Waals surface area contributed by atoms with E-state index >= 15 is 0 Å². The first-order valence-electron chi connectivity index (χ1n) is 10.6. The van der Waals surface area contributed by atoms with Crippen LogP contribution in [0.15, 0.2) is 60.9 Å². The second-order valence-corrected chi connectivity index (χ2v) is 7.75. The molecule has 7 nitrogen and oxygen atoms in total. The zero-order valence-electron chi connectivity index (χ0n) is 18.1. The fourth-order valence-corrected chi connectivity index (χ4v) is 3.49. The molecule has 0 saturated carbocycles. The Morgan fingerprint density at radius 1 is 1.03 bits per heavy atom. The molecule has 0 aliphatic heterocycles. The number of hydrogen-bond donors (Lipinski definition) is 3. The van der Waals surface area contributed by atoms with E-state index in [1.165, 1.54) is 18.2 Å². The van der Waals surface area contributed by atoms with Gasteiger partial charge in [-0.2, -0.15) is 10.2 Å². The molecule has 0 aliphatic carbocycles. The fourth-order valence-electron chi connectivity index (χ4n) is 3.32. The lowest BCUT2D eigenvalue weighted by Crippen LogP contribution is -2.28. The largest absolute Gasteiger partial charge is 0.492 e. The highest BCUT2D eigenvalue weighted by molar-refractivity contribution is 6.30. The van der Waals surface area contributed by atoms with Gasteiger partial charge < -0.3 is 20.7 Å². The number of nitrogens with zero attached hydrogens (tertiary/aromatic N) is 3. The number of likely N-dealkylation sites (N-methyl/N-ethyl adjacent to an activating group) is 1. The molecule has 2 aromatic carbocycles. The zero-order valence-corrected chi connectivity index (χ0v) is 18.9. The van der Waals surface area contributed by atoms with Gasteiger partial charge in [0.1, 0.15) is 18.2 Å². The number of benzene rings is 2. The van der Waals surface area contributed by atoms with Gasteiger partial charge in [-0.3, -0.25) is 4.98 Å². The van der Waals surface area contributed by atoms with Gasteiger partial charge in [0.15, 0.2) is 0 Å². The summed E-state index contributed by atoms with van der Waals surface area (Å²) in [5, 5.41) is 19.1. The quantitative estimate of drug-likeness (QED) is 0.298. The van der Waals surface area contributed by atoms with Crippen molar-refractivity contribution in [1.82, 2.24) is 25.8 Å². The van der Waals surface area contributed by atoms with Crippen LogP contribution in [0.3, 0.4) is 0 Å². The third-order valence-electron chi connectivity index (χ3n) is 4.95. The molecule has 4 rings (SSSR count). The minimum atomic E-state index is -0.412. The van der Waals surface area contributed by atoms with Gasteiger partial charge in [0.25, 0.3) is 0 Å². The molecule has 2 aromatic heterocycles. The average Bonchev–Trinajstić information content (AvgIpc) is 2.83. The van der Waals surface area contributed by atoms with Gasteiger partial charge in [0.2, 0.25) is 0 Å². The summed E-state index contributed by atoms with van der Waals surface area (Å²) in [6, 6.07) is 13.7. The Hall–Kier alpha value is -3.33. The number of anilines is 2. The molecule has 9 heteroatoms. The Bertz CT molecular complexity index is 1240. The maximum absolute atomic E-state index is 14.3. The van der Waals surface area contributed by atoms with E-state index in [0.717, 1.165) is 42.0 Å². The number of pyridine rings is 1. The summed E-state index contributed by atoms with van der Waals surface area (Å²) < 4.78 is 20.1. The van der Waals surface area contributed by atoms with E-state index in [2.05, 4.69) is 31.1 Å². The van der Waals surface area contributed by atoms with Crippen LogP contribution in [0.2, 0.25) is 5.02 Å². The molecule has 0 aliphatic rings. The van der Waals surface area contributed by atoms with E-state index in [4.69, 9.17) is 16.3 Å². The zero-order chi connectivity index (χ0) is 23.0. The van der Waals surface area contributed by atoms with Gasteiger partial charge in [-0.25, -0.2) is 4.39 Å². The highest BCUT2D eigenvalue weighted by Crippen LogP contribution is 2.30. The van der Waals surface area contributed by atoms with Crippen molar-refractivity contribution in [2.24, 2.45) is 0 Å². The molecule has 4 aromatic rings. The first kappa shape index (κ1) is 22.8. The van der Waals surface area contributed by atoms with E-state index < -0.39 is 5.82 Å². The van der Waals surface area contributed by atoms with Gasteiger partial charge >= 0.3 is 0 Å². The number of rotatable bonds is 10. The van der Waals surface area contributed by atoms with E-state index in [-0.39, 0.29) is 0 Å². The maximum atomic E-state index is 14.3. The number of hydrogen-bond acceptors (Lipinski definition) is 7. The molecule has 0 saturated heterocycles. The molecule has 0 unspecified atom stereocenters. The Balaban J connectivity index is 1.49. The number of halogens is 2. The van der Waals surface area contributed by atoms with Crippen molar-refractivity contribution < 1.29 is 9.13 Å². The van der Waals surface area contributed by atoms with Crippen molar-refractivity contribution in [3.05, 3.63) is 71.8 Å². The smallest absolute Gasteiger partial charge is 0.132 e. The van der Waals surface area contributed by atoms with Gasteiger partial charge in [-0.05, 0) is 49.5 Å². The van der Waals surface area contributed by atoms with Gasteiger partial charge in [0, 0.05) is 53.6 Å². The summed E-state index contributed by atoms with van der Waals surface area (Å²) in [4.78, 5) is 4.46. The van der Waals surface area contributed by atoms with Crippen LogP contribution < -0.4 is 20.7 Å². The predicted octanol–water partition coefficient (Wildman–Crippen LogP) is 4.42. The summed E-state index contributed by atoms with van der Waals surface area (Å²) in [7, 11) is 1.92. The summed E-state index contributed by atoms with van der Waals surface area (Å²) in [6.45, 7) is 3.14. The highest BCUT2D eigenvalue weighted by Gasteiger charge is 2.10. The number of fused-ring (bicyclic) bond motifs is 1. The lowest BCUT2D eigenvalue weighted by Gasteiger charge is -2.12. The Labute approximate surface area is 196 Å². The first-order chi connectivity index (χ1) is 16.1. The summed E-state index contributed by atoms with van der Waals surface area (Å²) in [5.74, 6) is 0.344. The normalized spacial score (nSPS) is 11.0.